The molecular formula is C13H21N3O3. The number of aromatic nitrogens is 3. The van der Waals surface area contributed by atoms with Gasteiger partial charge in [0, 0.05) is 6.92 Å². The van der Waals surface area contributed by atoms with E-state index >= 15 is 0 Å². The fourth-order valence-corrected chi connectivity index (χ4v) is 1.75. The molecular weight excluding hydrogens is 246 g/mol. The molecule has 1 aromatic heterocycles. The van der Waals surface area contributed by atoms with Crippen LogP contribution in [-0.2, 0) is 9.53 Å². The van der Waals surface area contributed by atoms with Gasteiger partial charge in [0.2, 0.25) is 0 Å². The second-order valence-electron chi connectivity index (χ2n) is 4.97. The fourth-order valence-electron chi connectivity index (χ4n) is 1.75. The fraction of sp³-hybridized carbons (Fsp3) is 0.692. The van der Waals surface area contributed by atoms with Gasteiger partial charge in [0.25, 0.3) is 0 Å². The third-order valence-electron chi connectivity index (χ3n) is 2.77. The zero-order valence-electron chi connectivity index (χ0n) is 12.1. The summed E-state index contributed by atoms with van der Waals surface area (Å²) < 4.78 is 6.69. The van der Waals surface area contributed by atoms with Gasteiger partial charge in [0.1, 0.15) is 0 Å². The molecule has 1 rings (SSSR count). The van der Waals surface area contributed by atoms with Gasteiger partial charge in [0.05, 0.1) is 12.3 Å². The van der Waals surface area contributed by atoms with Crippen LogP contribution in [0.4, 0.5) is 0 Å². The molecule has 0 saturated carbocycles. The first-order valence-corrected chi connectivity index (χ1v) is 6.47. The third kappa shape index (κ3) is 3.62. The molecule has 1 unspecified atom stereocenters. The van der Waals surface area contributed by atoms with E-state index < -0.39 is 6.04 Å². The minimum atomic E-state index is -0.528. The Morgan fingerprint density at radius 2 is 2.00 bits per heavy atom. The third-order valence-corrected chi connectivity index (χ3v) is 2.77. The minimum Gasteiger partial charge on any atom is -0.464 e. The molecule has 6 nitrogen and oxygen atoms in total. The van der Waals surface area contributed by atoms with Gasteiger partial charge in [-0.05, 0) is 19.3 Å². The van der Waals surface area contributed by atoms with Crippen molar-refractivity contribution in [2.45, 2.75) is 47.1 Å². The van der Waals surface area contributed by atoms with E-state index in [4.69, 9.17) is 4.74 Å². The number of hydrogen-bond donors (Lipinski definition) is 0. The van der Waals surface area contributed by atoms with Gasteiger partial charge in [-0.25, -0.2) is 9.48 Å². The van der Waals surface area contributed by atoms with Crippen molar-refractivity contribution >= 4 is 11.8 Å². The van der Waals surface area contributed by atoms with Crippen LogP contribution in [0.2, 0.25) is 0 Å². The predicted octanol–water partition coefficient (Wildman–Crippen LogP) is 1.94. The molecule has 1 aromatic rings. The average Bonchev–Trinajstić information content (AvgIpc) is 2.70. The van der Waals surface area contributed by atoms with Gasteiger partial charge < -0.3 is 4.74 Å². The maximum Gasteiger partial charge on any atom is 0.331 e. The van der Waals surface area contributed by atoms with E-state index in [1.807, 2.05) is 20.8 Å². The Kier molecular flexibility index (Phi) is 5.20. The highest BCUT2D eigenvalue weighted by atomic mass is 16.5. The van der Waals surface area contributed by atoms with Crippen LogP contribution in [0.15, 0.2) is 0 Å². The Labute approximate surface area is 113 Å². The van der Waals surface area contributed by atoms with Gasteiger partial charge in [-0.1, -0.05) is 26.0 Å². The van der Waals surface area contributed by atoms with Crippen molar-refractivity contribution in [2.24, 2.45) is 5.92 Å². The Morgan fingerprint density at radius 3 is 2.42 bits per heavy atom. The first-order valence-electron chi connectivity index (χ1n) is 6.47. The molecule has 0 amide bonds. The molecule has 19 heavy (non-hydrogen) atoms. The first kappa shape index (κ1) is 15.3. The molecule has 0 radical (unpaired) electrons. The minimum absolute atomic E-state index is 0.158. The average molecular weight is 267 g/mol. The first-order chi connectivity index (χ1) is 8.88. The second-order valence-corrected chi connectivity index (χ2v) is 4.97. The molecule has 1 heterocycles. The van der Waals surface area contributed by atoms with E-state index in [1.165, 1.54) is 11.6 Å². The smallest absolute Gasteiger partial charge is 0.331 e. The second kappa shape index (κ2) is 6.45. The molecule has 0 fully saturated rings. The van der Waals surface area contributed by atoms with Crippen LogP contribution in [-0.4, -0.2) is 33.4 Å². The van der Waals surface area contributed by atoms with E-state index in [2.05, 4.69) is 10.3 Å². The molecule has 0 aromatic carbocycles. The van der Waals surface area contributed by atoms with E-state index in [0.717, 1.165) is 0 Å². The summed E-state index contributed by atoms with van der Waals surface area (Å²) >= 11 is 0. The Balaban J connectivity index is 2.91. The monoisotopic (exact) mass is 267 g/mol. The molecule has 0 aliphatic rings. The lowest BCUT2D eigenvalue weighted by molar-refractivity contribution is -0.149. The van der Waals surface area contributed by atoms with Crippen LogP contribution in [0.3, 0.4) is 0 Å². The van der Waals surface area contributed by atoms with Crippen LogP contribution in [0.1, 0.15) is 56.3 Å². The van der Waals surface area contributed by atoms with Crippen molar-refractivity contribution in [1.29, 1.82) is 0 Å². The zero-order valence-corrected chi connectivity index (χ0v) is 12.1. The largest absolute Gasteiger partial charge is 0.464 e. The lowest BCUT2D eigenvalue weighted by atomic mass is 10.2. The summed E-state index contributed by atoms with van der Waals surface area (Å²) in [5, 5.41) is 7.72. The lowest BCUT2D eigenvalue weighted by Gasteiger charge is -2.16. The van der Waals surface area contributed by atoms with Gasteiger partial charge in [0.15, 0.2) is 17.5 Å². The topological polar surface area (TPSA) is 74.1 Å². The van der Waals surface area contributed by atoms with Crippen molar-refractivity contribution < 1.29 is 14.3 Å². The summed E-state index contributed by atoms with van der Waals surface area (Å²) in [6, 6.07) is -0.528. The van der Waals surface area contributed by atoms with Crippen LogP contribution >= 0.6 is 0 Å². The summed E-state index contributed by atoms with van der Waals surface area (Å²) in [5.74, 6) is -0.209. The zero-order chi connectivity index (χ0) is 14.6. The maximum atomic E-state index is 12.0. The number of ether oxygens (including phenoxy) is 1. The molecule has 0 spiro atoms. The summed E-state index contributed by atoms with van der Waals surface area (Å²) in [7, 11) is 0. The normalized spacial score (nSPS) is 12.5. The predicted molar refractivity (Wildman–Crippen MR) is 69.9 cm³/mol. The van der Waals surface area contributed by atoms with Gasteiger partial charge in [-0.2, -0.15) is 0 Å². The number of carbonyl (C=O) groups is 2. The number of ketones is 1. The van der Waals surface area contributed by atoms with Crippen LogP contribution in [0.25, 0.3) is 0 Å². The van der Waals surface area contributed by atoms with E-state index in [0.29, 0.717) is 24.4 Å². The number of Topliss-reactive ketones (excluding diaryl/α,β-unsaturated/α-hetero) is 1. The number of hydrogen-bond acceptors (Lipinski definition) is 5. The van der Waals surface area contributed by atoms with E-state index in [1.54, 1.807) is 6.92 Å². The molecule has 0 aliphatic heterocycles. The summed E-state index contributed by atoms with van der Waals surface area (Å²) in [6.45, 7) is 9.36. The summed E-state index contributed by atoms with van der Waals surface area (Å²) in [4.78, 5) is 23.4. The highest BCUT2D eigenvalue weighted by molar-refractivity contribution is 5.93. The van der Waals surface area contributed by atoms with Gasteiger partial charge in [-0.15, -0.1) is 5.10 Å². The number of nitrogens with zero attached hydrogens (tertiary/aromatic N) is 3. The summed E-state index contributed by atoms with van der Waals surface area (Å²) in [6.07, 6.45) is 0.540. The van der Waals surface area contributed by atoms with Crippen LogP contribution in [0.5, 0.6) is 0 Å². The van der Waals surface area contributed by atoms with Crippen molar-refractivity contribution in [3.8, 4) is 0 Å². The van der Waals surface area contributed by atoms with Crippen molar-refractivity contribution in [1.82, 2.24) is 15.0 Å². The quantitative estimate of drug-likeness (QED) is 0.581. The standard InChI is InChI=1S/C13H21N3O3/c1-6-11(13(18)19-7-8(2)3)16-9(4)12(10(5)17)14-15-16/h8,11H,6-7H2,1-5H3. The van der Waals surface area contributed by atoms with Crippen molar-refractivity contribution in [3.05, 3.63) is 11.4 Å². The molecule has 0 saturated heterocycles. The highest BCUT2D eigenvalue weighted by Crippen LogP contribution is 2.17. The molecule has 0 bridgehead atoms. The molecule has 0 aliphatic carbocycles. The SMILES string of the molecule is CCC(C(=O)OCC(C)C)n1nnc(C(C)=O)c1C. The van der Waals surface area contributed by atoms with Crippen LogP contribution in [0, 0.1) is 12.8 Å². The van der Waals surface area contributed by atoms with Crippen LogP contribution < -0.4 is 0 Å². The number of carbonyl (C=O) groups excluding carboxylic acids is 2. The molecule has 0 N–H and O–H groups in total. The number of rotatable bonds is 6. The van der Waals surface area contributed by atoms with Crippen molar-refractivity contribution in [3.63, 3.8) is 0 Å². The van der Waals surface area contributed by atoms with E-state index in [9.17, 15) is 9.59 Å². The van der Waals surface area contributed by atoms with Gasteiger partial charge >= 0.3 is 5.97 Å². The maximum absolute atomic E-state index is 12.0. The Morgan fingerprint density at radius 1 is 1.37 bits per heavy atom. The van der Waals surface area contributed by atoms with E-state index in [-0.39, 0.29) is 17.7 Å². The van der Waals surface area contributed by atoms with Crippen molar-refractivity contribution in [2.75, 3.05) is 6.61 Å². The lowest BCUT2D eigenvalue weighted by Crippen LogP contribution is -2.25. The molecule has 6 heteroatoms. The summed E-state index contributed by atoms with van der Waals surface area (Å²) in [5.41, 5.74) is 0.899. The number of esters is 1. The Hall–Kier alpha value is -1.72. The molecule has 106 valence electrons. The molecule has 1 atom stereocenters. The van der Waals surface area contributed by atoms with Gasteiger partial charge in [-0.3, -0.25) is 4.79 Å². The highest BCUT2D eigenvalue weighted by Gasteiger charge is 2.25. The Bertz CT molecular complexity index is 466.